The number of thioether (sulfide) groups is 1. The Hall–Kier alpha value is -3.19. The number of benzene rings is 2. The molecule has 0 spiro atoms. The van der Waals surface area contributed by atoms with Gasteiger partial charge in [-0.3, -0.25) is 9.52 Å². The number of hydrogen-bond donors (Lipinski definition) is 2. The largest absolute Gasteiger partial charge is 0.394 e. The summed E-state index contributed by atoms with van der Waals surface area (Å²) in [5.41, 5.74) is 0.471. The number of aromatic nitrogens is 1. The van der Waals surface area contributed by atoms with Crippen LogP contribution in [-0.2, 0) is 27.8 Å². The Kier molecular flexibility index (Phi) is 10.1. The van der Waals surface area contributed by atoms with Crippen LogP contribution in [0.2, 0.25) is 0 Å². The molecule has 1 aliphatic carbocycles. The second-order valence-corrected chi connectivity index (χ2v) is 13.3. The zero-order chi connectivity index (χ0) is 30.5. The quantitative estimate of drug-likeness (QED) is 0.244. The Bertz CT molecular complexity index is 1530. The highest BCUT2D eigenvalue weighted by atomic mass is 32.2. The van der Waals surface area contributed by atoms with Crippen LogP contribution in [0.25, 0.3) is 0 Å². The summed E-state index contributed by atoms with van der Waals surface area (Å²) in [4.78, 5) is 17.9. The lowest BCUT2D eigenvalue weighted by molar-refractivity contribution is -0.128. The van der Waals surface area contributed by atoms with Gasteiger partial charge in [-0.25, -0.2) is 22.2 Å². The molecule has 0 radical (unpaired) electrons. The third kappa shape index (κ3) is 9.15. The molecule has 0 bridgehead atoms. The van der Waals surface area contributed by atoms with Crippen LogP contribution in [0.3, 0.4) is 0 Å². The fourth-order valence-electron chi connectivity index (χ4n) is 4.85. The molecule has 0 saturated heterocycles. The van der Waals surface area contributed by atoms with Crippen molar-refractivity contribution in [2.45, 2.75) is 67.4 Å². The van der Waals surface area contributed by atoms with Crippen LogP contribution in [0, 0.1) is 11.6 Å². The highest BCUT2D eigenvalue weighted by Crippen LogP contribution is 2.35. The van der Waals surface area contributed by atoms with Gasteiger partial charge in [0.05, 0.1) is 30.0 Å². The van der Waals surface area contributed by atoms with E-state index in [1.807, 2.05) is 0 Å². The number of nitrogens with one attached hydrogen (secondary N) is 2. The Morgan fingerprint density at radius 2 is 1.74 bits per heavy atom. The van der Waals surface area contributed by atoms with Crippen LogP contribution in [-0.4, -0.2) is 37.0 Å². The van der Waals surface area contributed by atoms with Crippen LogP contribution in [0.4, 0.5) is 27.6 Å². The summed E-state index contributed by atoms with van der Waals surface area (Å²) >= 11 is 1.41. The molecule has 4 rings (SSSR count). The van der Waals surface area contributed by atoms with E-state index in [1.54, 1.807) is 0 Å². The maximum absolute atomic E-state index is 14.9. The zero-order valence-corrected chi connectivity index (χ0v) is 24.3. The molecule has 1 fully saturated rings. The van der Waals surface area contributed by atoms with E-state index in [1.165, 1.54) is 54.2 Å². The molecular formula is C29H30F5N3O3S2. The van der Waals surface area contributed by atoms with Crippen LogP contribution in [0.5, 0.6) is 0 Å². The van der Waals surface area contributed by atoms with Crippen molar-refractivity contribution in [3.63, 3.8) is 0 Å². The monoisotopic (exact) mass is 627 g/mol. The second-order valence-electron chi connectivity index (χ2n) is 10.3. The summed E-state index contributed by atoms with van der Waals surface area (Å²) in [7, 11) is -3.76. The van der Waals surface area contributed by atoms with Crippen molar-refractivity contribution in [3.05, 3.63) is 88.6 Å². The van der Waals surface area contributed by atoms with E-state index < -0.39 is 46.1 Å². The maximum atomic E-state index is 14.9. The predicted octanol–water partition coefficient (Wildman–Crippen LogP) is 6.71. The van der Waals surface area contributed by atoms with Gasteiger partial charge >= 0.3 is 6.18 Å². The molecule has 1 amide bonds. The lowest BCUT2D eigenvalue weighted by atomic mass is 9.90. The fourth-order valence-corrected chi connectivity index (χ4v) is 6.76. The molecule has 0 aliphatic heterocycles. The van der Waals surface area contributed by atoms with Gasteiger partial charge < -0.3 is 5.32 Å². The number of sulfonamides is 1. The number of pyridine rings is 1. The van der Waals surface area contributed by atoms with Crippen molar-refractivity contribution in [2.75, 3.05) is 11.0 Å². The fraction of sp³-hybridized carbons (Fsp3) is 0.379. The molecular weight excluding hydrogens is 597 g/mol. The number of amides is 1. The van der Waals surface area contributed by atoms with Crippen molar-refractivity contribution < 1.29 is 35.2 Å². The SMILES string of the molecule is CS(=O)(=O)Nc1ccc(C(C(=O)NCc2ccc(CC(F)(F)F)nc2SC2CCCCC2)c2cccc(F)c2)cc1F. The Balaban J connectivity index is 1.61. The van der Waals surface area contributed by atoms with Gasteiger partial charge in [-0.2, -0.15) is 13.2 Å². The van der Waals surface area contributed by atoms with Gasteiger partial charge in [0.2, 0.25) is 15.9 Å². The first-order valence-electron chi connectivity index (χ1n) is 13.3. The maximum Gasteiger partial charge on any atom is 0.394 e. The molecule has 1 aromatic heterocycles. The average Bonchev–Trinajstić information content (AvgIpc) is 2.89. The number of carbonyl (C=O) groups excluding carboxylic acids is 1. The minimum atomic E-state index is -4.42. The second kappa shape index (κ2) is 13.4. The third-order valence-electron chi connectivity index (χ3n) is 6.73. The Labute approximate surface area is 245 Å². The number of halogens is 5. The topological polar surface area (TPSA) is 88.2 Å². The number of nitrogens with zero attached hydrogens (tertiary/aromatic N) is 1. The summed E-state index contributed by atoms with van der Waals surface area (Å²) in [5, 5.41) is 3.37. The molecule has 1 aliphatic rings. The number of anilines is 1. The first-order chi connectivity index (χ1) is 19.8. The van der Waals surface area contributed by atoms with Gasteiger partial charge in [0, 0.05) is 17.4 Å². The van der Waals surface area contributed by atoms with Gasteiger partial charge in [0.1, 0.15) is 16.7 Å². The van der Waals surface area contributed by atoms with Crippen molar-refractivity contribution in [3.8, 4) is 0 Å². The van der Waals surface area contributed by atoms with Gasteiger partial charge in [-0.1, -0.05) is 43.5 Å². The van der Waals surface area contributed by atoms with E-state index in [9.17, 15) is 35.2 Å². The number of alkyl halides is 3. The smallest absolute Gasteiger partial charge is 0.351 e. The summed E-state index contributed by atoms with van der Waals surface area (Å²) in [5.74, 6) is -3.33. The Morgan fingerprint density at radius 1 is 1.02 bits per heavy atom. The van der Waals surface area contributed by atoms with Gasteiger partial charge in [-0.15, -0.1) is 11.8 Å². The van der Waals surface area contributed by atoms with E-state index in [0.29, 0.717) is 10.6 Å². The van der Waals surface area contributed by atoms with Crippen molar-refractivity contribution in [1.82, 2.24) is 10.3 Å². The molecule has 1 atom stereocenters. The highest BCUT2D eigenvalue weighted by molar-refractivity contribution is 7.99. The zero-order valence-electron chi connectivity index (χ0n) is 22.7. The molecule has 2 aromatic carbocycles. The van der Waals surface area contributed by atoms with Crippen molar-refractivity contribution >= 4 is 33.4 Å². The van der Waals surface area contributed by atoms with Crippen LogP contribution in [0.1, 0.15) is 60.4 Å². The number of carbonyl (C=O) groups is 1. The average molecular weight is 628 g/mol. The van der Waals surface area contributed by atoms with Crippen LogP contribution >= 0.6 is 11.8 Å². The molecule has 13 heteroatoms. The van der Waals surface area contributed by atoms with Gasteiger partial charge in [0.15, 0.2) is 0 Å². The van der Waals surface area contributed by atoms with Crippen molar-refractivity contribution in [1.29, 1.82) is 0 Å². The summed E-state index contributed by atoms with van der Waals surface area (Å²) < 4.78 is 93.4. The predicted molar refractivity (Wildman–Crippen MR) is 152 cm³/mol. The van der Waals surface area contributed by atoms with E-state index in [-0.39, 0.29) is 34.3 Å². The summed E-state index contributed by atoms with van der Waals surface area (Å²) in [6, 6.07) is 11.6. The van der Waals surface area contributed by atoms with Gasteiger partial charge in [0.25, 0.3) is 0 Å². The highest BCUT2D eigenvalue weighted by Gasteiger charge is 2.30. The van der Waals surface area contributed by atoms with Crippen LogP contribution < -0.4 is 10.0 Å². The normalized spacial score (nSPS) is 15.3. The van der Waals surface area contributed by atoms with E-state index in [2.05, 4.69) is 15.0 Å². The first kappa shape index (κ1) is 31.7. The third-order valence-corrected chi connectivity index (χ3v) is 8.70. The molecule has 2 N–H and O–H groups in total. The molecule has 42 heavy (non-hydrogen) atoms. The molecule has 1 heterocycles. The Morgan fingerprint density at radius 3 is 2.38 bits per heavy atom. The van der Waals surface area contributed by atoms with E-state index in [4.69, 9.17) is 0 Å². The molecule has 226 valence electrons. The molecule has 6 nitrogen and oxygen atoms in total. The molecule has 1 saturated carbocycles. The number of rotatable bonds is 10. The number of hydrogen-bond acceptors (Lipinski definition) is 5. The van der Waals surface area contributed by atoms with E-state index >= 15 is 0 Å². The standard InChI is InChI=1S/C29H30F5N3O3S2/c1-42(39,40)37-25-13-11-19(15-24(25)31)26(18-6-5-7-21(30)14-18)27(38)35-17-20-10-12-22(16-29(32,33)34)36-28(20)41-23-8-3-2-4-9-23/h5-7,10-15,23,26,37H,2-4,8-9,16-17H2,1H3,(H,35,38). The van der Waals surface area contributed by atoms with Crippen molar-refractivity contribution in [2.24, 2.45) is 0 Å². The minimum Gasteiger partial charge on any atom is -0.351 e. The summed E-state index contributed by atoms with van der Waals surface area (Å²) in [6.45, 7) is -0.0742. The molecule has 1 unspecified atom stereocenters. The molecule has 3 aromatic rings. The van der Waals surface area contributed by atoms with Crippen LogP contribution in [0.15, 0.2) is 59.6 Å². The lowest BCUT2D eigenvalue weighted by Gasteiger charge is -2.23. The minimum absolute atomic E-state index is 0.0742. The first-order valence-corrected chi connectivity index (χ1v) is 16.1. The van der Waals surface area contributed by atoms with E-state index in [0.717, 1.165) is 50.5 Å². The lowest BCUT2D eigenvalue weighted by Crippen LogP contribution is -2.30. The van der Waals surface area contributed by atoms with Gasteiger partial charge in [-0.05, 0) is 54.3 Å². The summed E-state index contributed by atoms with van der Waals surface area (Å²) in [6.07, 6.45) is 0.263.